The van der Waals surface area contributed by atoms with E-state index in [9.17, 15) is 0 Å². The number of quaternary nitrogens is 1. The lowest BCUT2D eigenvalue weighted by Crippen LogP contribution is -2.58. The summed E-state index contributed by atoms with van der Waals surface area (Å²) >= 11 is 0. The Morgan fingerprint density at radius 2 is 1.75 bits per heavy atom. The van der Waals surface area contributed by atoms with Crippen molar-refractivity contribution in [1.29, 1.82) is 0 Å². The van der Waals surface area contributed by atoms with Crippen LogP contribution in [0.4, 0.5) is 0 Å². The smallest absolute Gasteiger partial charge is 0.104 e. The molecule has 0 bridgehead atoms. The van der Waals surface area contributed by atoms with Crippen LogP contribution >= 0.6 is 0 Å². The standard InChI is InChI=1S/C26H40NO/c1-26(2,19-27(3,4)18-20-12-6-5-7-13-20)25-23-16-9-8-14-21(23)22-15-10-11-17-24(22)28-25/h5-8,12-14,21-25H,9-11,15-19H2,1-4H3/q+1/t21-,22-,23+,24-,25+/m1/s1. The van der Waals surface area contributed by atoms with E-state index in [2.05, 4.69) is 70.4 Å². The van der Waals surface area contributed by atoms with Gasteiger partial charge in [-0.1, -0.05) is 69.2 Å². The van der Waals surface area contributed by atoms with Crippen LogP contribution in [0.15, 0.2) is 42.5 Å². The summed E-state index contributed by atoms with van der Waals surface area (Å²) in [4.78, 5) is 0. The molecule has 0 amide bonds. The van der Waals surface area contributed by atoms with E-state index in [-0.39, 0.29) is 5.41 Å². The topological polar surface area (TPSA) is 9.23 Å². The zero-order valence-electron chi connectivity index (χ0n) is 18.4. The summed E-state index contributed by atoms with van der Waals surface area (Å²) in [5.74, 6) is 2.23. The van der Waals surface area contributed by atoms with E-state index in [1.54, 1.807) is 0 Å². The molecule has 28 heavy (non-hydrogen) atoms. The molecule has 154 valence electrons. The summed E-state index contributed by atoms with van der Waals surface area (Å²) in [6.45, 7) is 7.18. The average molecular weight is 383 g/mol. The highest BCUT2D eigenvalue weighted by Crippen LogP contribution is 2.50. The minimum Gasteiger partial charge on any atom is -0.374 e. The highest BCUT2D eigenvalue weighted by molar-refractivity contribution is 5.13. The van der Waals surface area contributed by atoms with Crippen LogP contribution in [0, 0.1) is 23.2 Å². The van der Waals surface area contributed by atoms with Crippen LogP contribution in [0.5, 0.6) is 0 Å². The van der Waals surface area contributed by atoms with Crippen LogP contribution in [0.1, 0.15) is 57.9 Å². The minimum atomic E-state index is 0.175. The normalized spacial score (nSPS) is 33.2. The van der Waals surface area contributed by atoms with Crippen molar-refractivity contribution in [3.8, 4) is 0 Å². The van der Waals surface area contributed by atoms with Gasteiger partial charge in [-0.15, -0.1) is 0 Å². The molecule has 1 saturated heterocycles. The molecule has 3 aliphatic rings. The molecule has 2 aliphatic carbocycles. The van der Waals surface area contributed by atoms with E-state index in [1.807, 2.05) is 0 Å². The second-order valence-corrected chi connectivity index (χ2v) is 11.0. The number of benzene rings is 1. The lowest BCUT2D eigenvalue weighted by atomic mass is 9.61. The van der Waals surface area contributed by atoms with Crippen molar-refractivity contribution in [2.45, 2.75) is 71.1 Å². The first-order valence-corrected chi connectivity index (χ1v) is 11.5. The Bertz CT molecular complexity index is 677. The summed E-state index contributed by atoms with van der Waals surface area (Å²) in [6, 6.07) is 11.0. The molecule has 0 unspecified atom stereocenters. The maximum atomic E-state index is 6.98. The molecule has 0 spiro atoms. The Balaban J connectivity index is 1.53. The number of allylic oxidation sites excluding steroid dienone is 2. The Hall–Kier alpha value is -1.12. The lowest BCUT2D eigenvalue weighted by Gasteiger charge is -2.54. The van der Waals surface area contributed by atoms with Gasteiger partial charge < -0.3 is 9.22 Å². The molecule has 4 rings (SSSR count). The number of hydrogen-bond acceptors (Lipinski definition) is 1. The van der Waals surface area contributed by atoms with Gasteiger partial charge in [0.15, 0.2) is 0 Å². The van der Waals surface area contributed by atoms with Crippen LogP contribution in [0.2, 0.25) is 0 Å². The molecule has 1 aromatic rings. The number of ether oxygens (including phenoxy) is 1. The molecular formula is C26H40NO+. The van der Waals surface area contributed by atoms with Gasteiger partial charge >= 0.3 is 0 Å². The highest BCUT2D eigenvalue weighted by Gasteiger charge is 2.51. The second kappa shape index (κ2) is 7.95. The largest absolute Gasteiger partial charge is 0.374 e. The van der Waals surface area contributed by atoms with Gasteiger partial charge in [-0.25, -0.2) is 0 Å². The van der Waals surface area contributed by atoms with Gasteiger partial charge in [0.25, 0.3) is 0 Å². The predicted octanol–water partition coefficient (Wildman–Crippen LogP) is 5.83. The van der Waals surface area contributed by atoms with E-state index in [0.29, 0.717) is 18.1 Å². The van der Waals surface area contributed by atoms with E-state index in [1.165, 1.54) is 44.1 Å². The maximum Gasteiger partial charge on any atom is 0.104 e. The molecule has 5 atom stereocenters. The summed E-state index contributed by atoms with van der Waals surface area (Å²) < 4.78 is 7.99. The molecular weight excluding hydrogens is 342 g/mol. The van der Waals surface area contributed by atoms with Crippen molar-refractivity contribution in [1.82, 2.24) is 0 Å². The molecule has 0 radical (unpaired) electrons. The van der Waals surface area contributed by atoms with Gasteiger partial charge in [-0.3, -0.25) is 0 Å². The van der Waals surface area contributed by atoms with Crippen LogP contribution in [-0.4, -0.2) is 37.3 Å². The van der Waals surface area contributed by atoms with Crippen LogP contribution in [0.25, 0.3) is 0 Å². The number of nitrogens with zero attached hydrogens (tertiary/aromatic N) is 1. The molecule has 2 heteroatoms. The van der Waals surface area contributed by atoms with Gasteiger partial charge in [-0.2, -0.15) is 0 Å². The van der Waals surface area contributed by atoms with Crippen LogP contribution < -0.4 is 0 Å². The molecule has 1 saturated carbocycles. The Morgan fingerprint density at radius 1 is 1.00 bits per heavy atom. The summed E-state index contributed by atoms with van der Waals surface area (Å²) in [5.41, 5.74) is 1.60. The van der Waals surface area contributed by atoms with E-state index in [0.717, 1.165) is 29.4 Å². The second-order valence-electron chi connectivity index (χ2n) is 11.0. The molecule has 2 nitrogen and oxygen atoms in total. The van der Waals surface area contributed by atoms with Crippen LogP contribution in [0.3, 0.4) is 0 Å². The third-order valence-corrected chi connectivity index (χ3v) is 7.54. The SMILES string of the molecule is CC(C)(C[N+](C)(C)Cc1ccccc1)[C@H]1O[C@@H]2CCCC[C@@H]2[C@H]2C=CCC[C@@H]21. The lowest BCUT2D eigenvalue weighted by molar-refractivity contribution is -0.910. The monoisotopic (exact) mass is 382 g/mol. The minimum absolute atomic E-state index is 0.175. The first-order valence-electron chi connectivity index (χ1n) is 11.5. The number of fused-ring (bicyclic) bond motifs is 3. The average Bonchev–Trinajstić information content (AvgIpc) is 2.67. The first-order chi connectivity index (χ1) is 13.4. The van der Waals surface area contributed by atoms with E-state index >= 15 is 0 Å². The Kier molecular flexibility index (Phi) is 5.73. The van der Waals surface area contributed by atoms with Crippen molar-refractivity contribution >= 4 is 0 Å². The number of hydrogen-bond donors (Lipinski definition) is 0. The zero-order chi connectivity index (χ0) is 19.8. The van der Waals surface area contributed by atoms with Crippen LogP contribution in [-0.2, 0) is 11.3 Å². The van der Waals surface area contributed by atoms with Crippen molar-refractivity contribution in [2.75, 3.05) is 20.6 Å². The van der Waals surface area contributed by atoms with Crippen molar-refractivity contribution < 1.29 is 9.22 Å². The molecule has 1 heterocycles. The summed E-state index contributed by atoms with van der Waals surface area (Å²) in [6.07, 6.45) is 13.9. The Morgan fingerprint density at radius 3 is 2.54 bits per heavy atom. The molecule has 0 aromatic heterocycles. The fourth-order valence-corrected chi connectivity index (χ4v) is 6.81. The van der Waals surface area contributed by atoms with E-state index in [4.69, 9.17) is 4.74 Å². The summed E-state index contributed by atoms with van der Waals surface area (Å²) in [5, 5.41) is 0. The quantitative estimate of drug-likeness (QED) is 0.460. The molecule has 0 N–H and O–H groups in total. The molecule has 1 aliphatic heterocycles. The van der Waals surface area contributed by atoms with Gasteiger partial charge in [0, 0.05) is 11.0 Å². The van der Waals surface area contributed by atoms with Crippen molar-refractivity contribution in [3.05, 3.63) is 48.0 Å². The van der Waals surface area contributed by atoms with Gasteiger partial charge in [0.05, 0.1) is 32.8 Å². The van der Waals surface area contributed by atoms with Gasteiger partial charge in [0.1, 0.15) is 6.54 Å². The maximum absolute atomic E-state index is 6.98. The molecule has 2 fully saturated rings. The third-order valence-electron chi connectivity index (χ3n) is 7.54. The highest BCUT2D eigenvalue weighted by atomic mass is 16.5. The van der Waals surface area contributed by atoms with E-state index < -0.39 is 0 Å². The number of rotatable bonds is 5. The predicted molar refractivity (Wildman–Crippen MR) is 117 cm³/mol. The zero-order valence-corrected chi connectivity index (χ0v) is 18.4. The first kappa shape index (κ1) is 20.2. The summed E-state index contributed by atoms with van der Waals surface area (Å²) in [7, 11) is 4.78. The van der Waals surface area contributed by atoms with Gasteiger partial charge in [-0.05, 0) is 43.4 Å². The fourth-order valence-electron chi connectivity index (χ4n) is 6.81. The third kappa shape index (κ3) is 4.24. The molecule has 1 aromatic carbocycles. The fraction of sp³-hybridized carbons (Fsp3) is 0.692. The van der Waals surface area contributed by atoms with Crippen molar-refractivity contribution in [2.24, 2.45) is 23.2 Å². The van der Waals surface area contributed by atoms with Crippen molar-refractivity contribution in [3.63, 3.8) is 0 Å². The van der Waals surface area contributed by atoms with Gasteiger partial charge in [0.2, 0.25) is 0 Å². The Labute approximate surface area is 172 Å².